The van der Waals surface area contributed by atoms with Crippen molar-refractivity contribution in [1.29, 1.82) is 0 Å². The molecule has 0 unspecified atom stereocenters. The molecule has 8 heteroatoms. The van der Waals surface area contributed by atoms with E-state index in [0.717, 1.165) is 37.2 Å². The maximum absolute atomic E-state index is 13.3. The van der Waals surface area contributed by atoms with Crippen LogP contribution in [0.4, 0.5) is 0 Å². The molecule has 0 saturated carbocycles. The molecule has 2 aromatic carbocycles. The van der Waals surface area contributed by atoms with Gasteiger partial charge in [-0.3, -0.25) is 9.59 Å². The van der Waals surface area contributed by atoms with Crippen molar-refractivity contribution in [2.45, 2.75) is 45.4 Å². The van der Waals surface area contributed by atoms with Crippen LogP contribution in [0, 0.1) is 12.3 Å². The van der Waals surface area contributed by atoms with Gasteiger partial charge in [0.2, 0.25) is 5.91 Å². The number of piperidine rings is 2. The van der Waals surface area contributed by atoms with Crippen LogP contribution in [0.25, 0.3) is 0 Å². The molecule has 2 aliphatic heterocycles. The van der Waals surface area contributed by atoms with Gasteiger partial charge in [-0.1, -0.05) is 11.6 Å². The molecule has 2 saturated heterocycles. The number of nitrogens with zero attached hydrogens (tertiary/aromatic N) is 2. The Morgan fingerprint density at radius 3 is 2.24 bits per heavy atom. The van der Waals surface area contributed by atoms with Crippen LogP contribution in [0.1, 0.15) is 54.4 Å². The van der Waals surface area contributed by atoms with Gasteiger partial charge in [-0.2, -0.15) is 0 Å². The van der Waals surface area contributed by atoms with E-state index in [4.69, 9.17) is 25.8 Å². The maximum atomic E-state index is 13.3. The number of rotatable bonds is 8. The van der Waals surface area contributed by atoms with E-state index in [1.807, 2.05) is 34.9 Å². The number of aryl methyl sites for hydroxylation is 1. The van der Waals surface area contributed by atoms with Crippen LogP contribution in [-0.4, -0.2) is 68.6 Å². The Morgan fingerprint density at radius 2 is 1.59 bits per heavy atom. The van der Waals surface area contributed by atoms with Crippen molar-refractivity contribution in [3.05, 3.63) is 52.5 Å². The van der Waals surface area contributed by atoms with Crippen molar-refractivity contribution in [1.82, 2.24) is 9.80 Å². The second kappa shape index (κ2) is 12.1. The Bertz CT molecular complexity index is 1110. The first-order valence-corrected chi connectivity index (χ1v) is 13.4. The van der Waals surface area contributed by atoms with Gasteiger partial charge in [-0.25, -0.2) is 0 Å². The van der Waals surface area contributed by atoms with Crippen LogP contribution in [0.15, 0.2) is 36.4 Å². The highest BCUT2D eigenvalue weighted by Crippen LogP contribution is 2.38. The zero-order chi connectivity index (χ0) is 26.4. The van der Waals surface area contributed by atoms with E-state index in [2.05, 4.69) is 0 Å². The molecule has 2 aliphatic rings. The highest BCUT2D eigenvalue weighted by atomic mass is 35.5. The molecule has 0 bridgehead atoms. The summed E-state index contributed by atoms with van der Waals surface area (Å²) in [5.41, 5.74) is 1.17. The van der Waals surface area contributed by atoms with Gasteiger partial charge in [0.1, 0.15) is 5.75 Å². The van der Waals surface area contributed by atoms with Crippen LogP contribution in [-0.2, 0) is 4.79 Å². The molecule has 2 fully saturated rings. The molecular weight excluding hydrogens is 492 g/mol. The summed E-state index contributed by atoms with van der Waals surface area (Å²) in [4.78, 5) is 30.5. The van der Waals surface area contributed by atoms with Crippen molar-refractivity contribution in [3.8, 4) is 17.2 Å². The molecule has 0 aliphatic carbocycles. The van der Waals surface area contributed by atoms with Crippen molar-refractivity contribution >= 4 is 23.4 Å². The van der Waals surface area contributed by atoms with E-state index in [1.165, 1.54) is 6.42 Å². The summed E-state index contributed by atoms with van der Waals surface area (Å²) in [7, 11) is 3.13. The molecule has 2 aromatic rings. The summed E-state index contributed by atoms with van der Waals surface area (Å²) in [5.74, 6) is 2.00. The summed E-state index contributed by atoms with van der Waals surface area (Å²) >= 11 is 6.19. The first kappa shape index (κ1) is 27.1. The van der Waals surface area contributed by atoms with Gasteiger partial charge in [-0.15, -0.1) is 0 Å². The van der Waals surface area contributed by atoms with Crippen LogP contribution in [0.3, 0.4) is 0 Å². The van der Waals surface area contributed by atoms with Gasteiger partial charge in [0.25, 0.3) is 5.91 Å². The lowest BCUT2D eigenvalue weighted by Crippen LogP contribution is -2.48. The zero-order valence-corrected chi connectivity index (χ0v) is 22.8. The Balaban J connectivity index is 1.47. The van der Waals surface area contributed by atoms with E-state index >= 15 is 0 Å². The lowest BCUT2D eigenvalue weighted by molar-refractivity contribution is -0.136. The highest BCUT2D eigenvalue weighted by Gasteiger charge is 2.40. The summed E-state index contributed by atoms with van der Waals surface area (Å²) in [6, 6.07) is 10.9. The van der Waals surface area contributed by atoms with E-state index in [1.54, 1.807) is 32.4 Å². The SMILES string of the molecule is COc1ccc(C(=O)N2CCC(COc3ccc(Cl)c(C)c3)(CC(=O)N3CCCCC3)CC2)cc1OC. The third-order valence-corrected chi connectivity index (χ3v) is 8.08. The van der Waals surface area contributed by atoms with Crippen molar-refractivity contribution in [2.24, 2.45) is 5.41 Å². The van der Waals surface area contributed by atoms with Gasteiger partial charge in [0.15, 0.2) is 11.5 Å². The average Bonchev–Trinajstić information content (AvgIpc) is 2.94. The first-order chi connectivity index (χ1) is 17.8. The lowest BCUT2D eigenvalue weighted by Gasteiger charge is -2.42. The summed E-state index contributed by atoms with van der Waals surface area (Å²) in [5, 5.41) is 0.698. The Kier molecular flexibility index (Phi) is 8.85. The van der Waals surface area contributed by atoms with E-state index in [-0.39, 0.29) is 17.2 Å². The number of hydrogen-bond donors (Lipinski definition) is 0. The molecule has 0 radical (unpaired) electrons. The predicted octanol–water partition coefficient (Wildman–Crippen LogP) is 5.37. The third kappa shape index (κ3) is 6.50. The lowest BCUT2D eigenvalue weighted by atomic mass is 9.75. The minimum absolute atomic E-state index is 0.0499. The molecule has 0 aromatic heterocycles. The molecule has 37 heavy (non-hydrogen) atoms. The van der Waals surface area contributed by atoms with Gasteiger partial charge >= 0.3 is 0 Å². The smallest absolute Gasteiger partial charge is 0.253 e. The zero-order valence-electron chi connectivity index (χ0n) is 22.1. The number of ether oxygens (including phenoxy) is 3. The second-order valence-electron chi connectivity index (χ2n) is 10.2. The quantitative estimate of drug-likeness (QED) is 0.461. The predicted molar refractivity (Wildman–Crippen MR) is 144 cm³/mol. The maximum Gasteiger partial charge on any atom is 0.253 e. The number of halogens is 1. The Hall–Kier alpha value is -2.93. The van der Waals surface area contributed by atoms with E-state index in [0.29, 0.717) is 61.0 Å². The number of likely N-dealkylation sites (tertiary alicyclic amines) is 2. The Morgan fingerprint density at radius 1 is 0.892 bits per heavy atom. The topological polar surface area (TPSA) is 68.3 Å². The number of benzene rings is 2. The molecule has 4 rings (SSSR count). The van der Waals surface area contributed by atoms with Gasteiger partial charge in [-0.05, 0) is 81.0 Å². The van der Waals surface area contributed by atoms with Crippen molar-refractivity contribution in [2.75, 3.05) is 47.0 Å². The number of carbonyl (C=O) groups is 2. The molecule has 2 amide bonds. The monoisotopic (exact) mass is 528 g/mol. The molecule has 0 spiro atoms. The molecule has 7 nitrogen and oxygen atoms in total. The fraction of sp³-hybridized carbons (Fsp3) is 0.517. The molecule has 200 valence electrons. The summed E-state index contributed by atoms with van der Waals surface area (Å²) in [6.45, 7) is 5.15. The third-order valence-electron chi connectivity index (χ3n) is 7.65. The average molecular weight is 529 g/mol. The second-order valence-corrected chi connectivity index (χ2v) is 10.6. The van der Waals surface area contributed by atoms with Gasteiger partial charge in [0, 0.05) is 48.6 Å². The minimum Gasteiger partial charge on any atom is -0.493 e. The first-order valence-electron chi connectivity index (χ1n) is 13.0. The standard InChI is InChI=1S/C29H37ClN2O5/c1-21-17-23(8-9-24(21)30)37-20-29(19-27(33)31-13-5-4-6-14-31)11-15-32(16-12-29)28(34)22-7-10-25(35-2)26(18-22)36-3/h7-10,17-18H,4-6,11-16,19-20H2,1-3H3. The molecule has 0 atom stereocenters. The van der Waals surface area contributed by atoms with Crippen LogP contribution in [0.5, 0.6) is 17.2 Å². The normalized spacial score (nSPS) is 17.3. The fourth-order valence-electron chi connectivity index (χ4n) is 5.23. The summed E-state index contributed by atoms with van der Waals surface area (Å²) < 4.78 is 16.9. The number of carbonyl (C=O) groups excluding carboxylic acids is 2. The highest BCUT2D eigenvalue weighted by molar-refractivity contribution is 6.31. The van der Waals surface area contributed by atoms with E-state index in [9.17, 15) is 9.59 Å². The van der Waals surface area contributed by atoms with Gasteiger partial charge in [0.05, 0.1) is 20.8 Å². The number of methoxy groups -OCH3 is 2. The Labute approximate surface area is 224 Å². The molecule has 0 N–H and O–H groups in total. The van der Waals surface area contributed by atoms with Crippen LogP contribution in [0.2, 0.25) is 5.02 Å². The van der Waals surface area contributed by atoms with Crippen molar-refractivity contribution in [3.63, 3.8) is 0 Å². The van der Waals surface area contributed by atoms with Crippen molar-refractivity contribution < 1.29 is 23.8 Å². The number of hydrogen-bond acceptors (Lipinski definition) is 5. The largest absolute Gasteiger partial charge is 0.493 e. The molecular formula is C29H37ClN2O5. The van der Waals surface area contributed by atoms with E-state index < -0.39 is 0 Å². The summed E-state index contributed by atoms with van der Waals surface area (Å²) in [6.07, 6.45) is 5.12. The number of amides is 2. The minimum atomic E-state index is -0.337. The van der Waals surface area contributed by atoms with Crippen LogP contribution >= 0.6 is 11.6 Å². The van der Waals surface area contributed by atoms with Gasteiger partial charge < -0.3 is 24.0 Å². The molecule has 2 heterocycles. The van der Waals surface area contributed by atoms with Crippen LogP contribution < -0.4 is 14.2 Å². The fourth-order valence-corrected chi connectivity index (χ4v) is 5.34.